The van der Waals surface area contributed by atoms with E-state index in [0.717, 1.165) is 11.1 Å². The summed E-state index contributed by atoms with van der Waals surface area (Å²) in [6, 6.07) is 9.62. The molecule has 0 saturated heterocycles. The van der Waals surface area contributed by atoms with Crippen molar-refractivity contribution in [2.45, 2.75) is 5.38 Å². The van der Waals surface area contributed by atoms with E-state index in [4.69, 9.17) is 16.1 Å². The maximum absolute atomic E-state index is 6.32. The summed E-state index contributed by atoms with van der Waals surface area (Å²) in [4.78, 5) is 4.31. The monoisotopic (exact) mass is 274 g/mol. The summed E-state index contributed by atoms with van der Waals surface area (Å²) in [7, 11) is 1.83. The van der Waals surface area contributed by atoms with Gasteiger partial charge in [0.15, 0.2) is 0 Å². The highest BCUT2D eigenvalue weighted by molar-refractivity contribution is 6.22. The molecule has 96 valence electrons. The lowest BCUT2D eigenvalue weighted by Crippen LogP contribution is -1.93. The predicted octanol–water partition coefficient (Wildman–Crippen LogP) is 2.80. The Balaban J connectivity index is 1.89. The van der Waals surface area contributed by atoms with E-state index < -0.39 is 5.38 Å². The summed E-state index contributed by atoms with van der Waals surface area (Å²) < 4.78 is 6.90. The van der Waals surface area contributed by atoms with Crippen molar-refractivity contribution in [3.05, 3.63) is 54.2 Å². The van der Waals surface area contributed by atoms with Crippen LogP contribution in [0, 0.1) is 0 Å². The van der Waals surface area contributed by atoms with Crippen molar-refractivity contribution in [3.8, 4) is 11.4 Å². The van der Waals surface area contributed by atoms with E-state index in [2.05, 4.69) is 15.2 Å². The number of aromatic nitrogens is 4. The molecule has 6 heteroatoms. The standard InChI is InChI=1S/C13H11ClN4O/c1-18-8-10(7-15-18)12-16-13(19-17-12)11(14)9-5-3-2-4-6-9/h2-8,11H,1H3. The largest absolute Gasteiger partial charge is 0.337 e. The smallest absolute Gasteiger partial charge is 0.249 e. The van der Waals surface area contributed by atoms with Crippen LogP contribution >= 0.6 is 11.6 Å². The lowest BCUT2D eigenvalue weighted by Gasteiger charge is -2.03. The molecule has 1 atom stereocenters. The fraction of sp³-hybridized carbons (Fsp3) is 0.154. The highest BCUT2D eigenvalue weighted by atomic mass is 35.5. The van der Waals surface area contributed by atoms with Crippen molar-refractivity contribution >= 4 is 11.6 Å². The van der Waals surface area contributed by atoms with Crippen LogP contribution in [0.25, 0.3) is 11.4 Å². The van der Waals surface area contributed by atoms with Gasteiger partial charge in [-0.25, -0.2) is 0 Å². The Labute approximate surface area is 114 Å². The average Bonchev–Trinajstić information content (AvgIpc) is 3.07. The predicted molar refractivity (Wildman–Crippen MR) is 70.6 cm³/mol. The number of alkyl halides is 1. The van der Waals surface area contributed by atoms with Crippen LogP contribution in [0.3, 0.4) is 0 Å². The van der Waals surface area contributed by atoms with Gasteiger partial charge in [0, 0.05) is 13.2 Å². The number of hydrogen-bond donors (Lipinski definition) is 0. The first-order valence-electron chi connectivity index (χ1n) is 5.75. The van der Waals surface area contributed by atoms with Crippen molar-refractivity contribution in [1.82, 2.24) is 19.9 Å². The second-order valence-electron chi connectivity index (χ2n) is 4.13. The minimum absolute atomic E-state index is 0.381. The fourth-order valence-corrected chi connectivity index (χ4v) is 1.99. The molecule has 2 heterocycles. The van der Waals surface area contributed by atoms with Crippen LogP contribution in [0.15, 0.2) is 47.2 Å². The van der Waals surface area contributed by atoms with Crippen LogP contribution < -0.4 is 0 Å². The van der Waals surface area contributed by atoms with Crippen LogP contribution in [0.1, 0.15) is 16.8 Å². The molecule has 1 unspecified atom stereocenters. The molecule has 3 aromatic rings. The summed E-state index contributed by atoms with van der Waals surface area (Å²) in [5.41, 5.74) is 1.72. The van der Waals surface area contributed by atoms with E-state index >= 15 is 0 Å². The zero-order valence-corrected chi connectivity index (χ0v) is 10.9. The molecule has 0 amide bonds. The molecule has 0 radical (unpaired) electrons. The Morgan fingerprint density at radius 3 is 2.74 bits per heavy atom. The summed E-state index contributed by atoms with van der Waals surface area (Å²) in [5.74, 6) is 0.872. The molecule has 19 heavy (non-hydrogen) atoms. The number of rotatable bonds is 3. The zero-order chi connectivity index (χ0) is 13.2. The number of halogens is 1. The van der Waals surface area contributed by atoms with Crippen LogP contribution in [0.2, 0.25) is 0 Å². The van der Waals surface area contributed by atoms with Crippen molar-refractivity contribution in [2.75, 3.05) is 0 Å². The van der Waals surface area contributed by atoms with E-state index in [-0.39, 0.29) is 0 Å². The number of nitrogens with zero attached hydrogens (tertiary/aromatic N) is 4. The molecule has 0 spiro atoms. The second-order valence-corrected chi connectivity index (χ2v) is 4.57. The third kappa shape index (κ3) is 2.37. The summed E-state index contributed by atoms with van der Waals surface area (Å²) in [5, 5.41) is 7.54. The minimum Gasteiger partial charge on any atom is -0.337 e. The normalized spacial score (nSPS) is 12.5. The van der Waals surface area contributed by atoms with Gasteiger partial charge in [-0.2, -0.15) is 10.1 Å². The van der Waals surface area contributed by atoms with Gasteiger partial charge in [0.1, 0.15) is 5.38 Å². The lowest BCUT2D eigenvalue weighted by atomic mass is 10.1. The SMILES string of the molecule is Cn1cc(-c2noc(C(Cl)c3ccccc3)n2)cn1. The van der Waals surface area contributed by atoms with E-state index in [9.17, 15) is 0 Å². The summed E-state index contributed by atoms with van der Waals surface area (Å²) in [6.45, 7) is 0. The van der Waals surface area contributed by atoms with Crippen LogP contribution in [-0.4, -0.2) is 19.9 Å². The van der Waals surface area contributed by atoms with Gasteiger partial charge in [0.25, 0.3) is 0 Å². The van der Waals surface area contributed by atoms with Gasteiger partial charge in [0.2, 0.25) is 11.7 Å². The molecule has 0 fully saturated rings. The van der Waals surface area contributed by atoms with E-state index in [0.29, 0.717) is 11.7 Å². The van der Waals surface area contributed by atoms with Crippen molar-refractivity contribution < 1.29 is 4.52 Å². The molecule has 0 saturated carbocycles. The maximum Gasteiger partial charge on any atom is 0.249 e. The highest BCUT2D eigenvalue weighted by Gasteiger charge is 2.19. The third-order valence-corrected chi connectivity index (χ3v) is 3.15. The van der Waals surface area contributed by atoms with E-state index in [1.54, 1.807) is 10.9 Å². The molecule has 0 aliphatic carbocycles. The van der Waals surface area contributed by atoms with Gasteiger partial charge in [-0.05, 0) is 5.56 Å². The average molecular weight is 275 g/mol. The second kappa shape index (κ2) is 4.85. The number of benzene rings is 1. The summed E-state index contributed by atoms with van der Waals surface area (Å²) in [6.07, 6.45) is 3.50. The third-order valence-electron chi connectivity index (χ3n) is 2.71. The van der Waals surface area contributed by atoms with Gasteiger partial charge in [-0.3, -0.25) is 4.68 Å². The van der Waals surface area contributed by atoms with Crippen molar-refractivity contribution in [3.63, 3.8) is 0 Å². The van der Waals surface area contributed by atoms with E-state index in [1.165, 1.54) is 0 Å². The van der Waals surface area contributed by atoms with Gasteiger partial charge >= 0.3 is 0 Å². The van der Waals surface area contributed by atoms with Gasteiger partial charge < -0.3 is 4.52 Å². The molecule has 0 bridgehead atoms. The molecule has 0 aliphatic heterocycles. The maximum atomic E-state index is 6.32. The quantitative estimate of drug-likeness (QED) is 0.689. The topological polar surface area (TPSA) is 56.7 Å². The first kappa shape index (κ1) is 11.9. The Morgan fingerprint density at radius 2 is 2.05 bits per heavy atom. The first-order valence-corrected chi connectivity index (χ1v) is 6.19. The van der Waals surface area contributed by atoms with Crippen LogP contribution in [0.5, 0.6) is 0 Å². The van der Waals surface area contributed by atoms with Crippen molar-refractivity contribution in [2.24, 2.45) is 7.05 Å². The Morgan fingerprint density at radius 1 is 1.26 bits per heavy atom. The zero-order valence-electron chi connectivity index (χ0n) is 10.2. The highest BCUT2D eigenvalue weighted by Crippen LogP contribution is 2.28. The van der Waals surface area contributed by atoms with E-state index in [1.807, 2.05) is 43.6 Å². The number of aryl methyl sites for hydroxylation is 1. The summed E-state index contributed by atoms with van der Waals surface area (Å²) >= 11 is 6.32. The van der Waals surface area contributed by atoms with Gasteiger partial charge in [0.05, 0.1) is 11.8 Å². The van der Waals surface area contributed by atoms with Crippen molar-refractivity contribution in [1.29, 1.82) is 0 Å². The molecule has 0 aliphatic rings. The molecule has 3 rings (SSSR count). The Hall–Kier alpha value is -2.14. The van der Waals surface area contributed by atoms with Crippen LogP contribution in [0.4, 0.5) is 0 Å². The molecule has 1 aromatic carbocycles. The molecule has 0 N–H and O–H groups in total. The first-order chi connectivity index (χ1) is 9.24. The minimum atomic E-state index is -0.445. The fourth-order valence-electron chi connectivity index (χ4n) is 1.76. The molecule has 2 aromatic heterocycles. The van der Waals surface area contributed by atoms with Gasteiger partial charge in [-0.15, -0.1) is 11.6 Å². The molecular formula is C13H11ClN4O. The van der Waals surface area contributed by atoms with Gasteiger partial charge in [-0.1, -0.05) is 35.5 Å². The Bertz CT molecular complexity index is 677. The Kier molecular flexibility index (Phi) is 3.05. The number of hydrogen-bond acceptors (Lipinski definition) is 4. The molecule has 5 nitrogen and oxygen atoms in total. The molecular weight excluding hydrogens is 264 g/mol. The van der Waals surface area contributed by atoms with Crippen LogP contribution in [-0.2, 0) is 7.05 Å². The lowest BCUT2D eigenvalue weighted by molar-refractivity contribution is 0.383.